The van der Waals surface area contributed by atoms with Crippen LogP contribution in [-0.4, -0.2) is 38.3 Å². The van der Waals surface area contributed by atoms with Gasteiger partial charge in [0.1, 0.15) is 5.75 Å². The summed E-state index contributed by atoms with van der Waals surface area (Å²) in [5, 5.41) is 3.69. The molecule has 0 radical (unpaired) electrons. The van der Waals surface area contributed by atoms with Crippen LogP contribution in [0.3, 0.4) is 0 Å². The molecule has 1 unspecified atom stereocenters. The van der Waals surface area contributed by atoms with Crippen molar-refractivity contribution in [2.45, 2.75) is 32.1 Å². The van der Waals surface area contributed by atoms with Crippen LogP contribution in [0.5, 0.6) is 5.75 Å². The van der Waals surface area contributed by atoms with Gasteiger partial charge in [-0.1, -0.05) is 47.5 Å². The molecule has 9 heteroatoms. The zero-order valence-corrected chi connectivity index (χ0v) is 19.6. The first kappa shape index (κ1) is 23.9. The Balaban J connectivity index is 1.62. The predicted octanol–water partition coefficient (Wildman–Crippen LogP) is 4.25. The standard InChI is InChI=1S/C22H26Cl2N2O4S/c1-2-30-21-8-4-3-6-16(21)13-25-22(27)17-7-5-11-26(14-17)31(28,29)15-18-9-10-19(23)12-20(18)24/h3-4,6,8-10,12,17H,2,5,7,11,13-15H2,1H3,(H,25,27). The molecule has 2 aromatic carbocycles. The molecule has 168 valence electrons. The lowest BCUT2D eigenvalue weighted by atomic mass is 9.98. The van der Waals surface area contributed by atoms with Gasteiger partial charge in [-0.15, -0.1) is 0 Å². The van der Waals surface area contributed by atoms with E-state index in [-0.39, 0.29) is 18.2 Å². The van der Waals surface area contributed by atoms with E-state index in [4.69, 9.17) is 27.9 Å². The Kier molecular flexibility index (Phi) is 8.22. The van der Waals surface area contributed by atoms with E-state index in [0.29, 0.717) is 48.1 Å². The minimum atomic E-state index is -3.61. The number of carbonyl (C=O) groups is 1. The number of sulfonamides is 1. The SMILES string of the molecule is CCOc1ccccc1CNC(=O)C1CCCN(S(=O)(=O)Cc2ccc(Cl)cc2Cl)C1. The Morgan fingerprint density at radius 2 is 1.97 bits per heavy atom. The lowest BCUT2D eigenvalue weighted by molar-refractivity contribution is -0.126. The summed E-state index contributed by atoms with van der Waals surface area (Å²) in [4.78, 5) is 12.8. The van der Waals surface area contributed by atoms with Gasteiger partial charge >= 0.3 is 0 Å². The molecule has 1 atom stereocenters. The number of rotatable bonds is 8. The van der Waals surface area contributed by atoms with Gasteiger partial charge in [0.25, 0.3) is 0 Å². The molecule has 1 aliphatic heterocycles. The first-order chi connectivity index (χ1) is 14.8. The van der Waals surface area contributed by atoms with E-state index in [1.165, 1.54) is 10.4 Å². The van der Waals surface area contributed by atoms with Crippen LogP contribution in [0.1, 0.15) is 30.9 Å². The number of nitrogens with zero attached hydrogens (tertiary/aromatic N) is 1. The van der Waals surface area contributed by atoms with Crippen LogP contribution in [0.2, 0.25) is 10.0 Å². The van der Waals surface area contributed by atoms with Crippen LogP contribution < -0.4 is 10.1 Å². The summed E-state index contributed by atoms with van der Waals surface area (Å²) in [6, 6.07) is 12.3. The Morgan fingerprint density at radius 1 is 1.19 bits per heavy atom. The maximum Gasteiger partial charge on any atom is 0.224 e. The van der Waals surface area contributed by atoms with E-state index in [1.807, 2.05) is 31.2 Å². The van der Waals surface area contributed by atoms with E-state index in [1.54, 1.807) is 12.1 Å². The Hall–Kier alpha value is -1.80. The van der Waals surface area contributed by atoms with E-state index in [0.717, 1.165) is 11.3 Å². The zero-order valence-electron chi connectivity index (χ0n) is 17.3. The summed E-state index contributed by atoms with van der Waals surface area (Å²) in [7, 11) is -3.61. The summed E-state index contributed by atoms with van der Waals surface area (Å²) < 4.78 is 32.9. The average Bonchev–Trinajstić information content (AvgIpc) is 2.75. The first-order valence-corrected chi connectivity index (χ1v) is 12.6. The van der Waals surface area contributed by atoms with Crippen molar-refractivity contribution in [2.24, 2.45) is 5.92 Å². The lowest BCUT2D eigenvalue weighted by Crippen LogP contribution is -2.45. The van der Waals surface area contributed by atoms with Crippen molar-refractivity contribution in [1.82, 2.24) is 9.62 Å². The Bertz CT molecular complexity index is 1030. The Labute approximate surface area is 193 Å². The molecule has 1 amide bonds. The highest BCUT2D eigenvalue weighted by Crippen LogP contribution is 2.26. The third-order valence-corrected chi connectivity index (χ3v) is 7.61. The van der Waals surface area contributed by atoms with Crippen LogP contribution >= 0.6 is 23.2 Å². The highest BCUT2D eigenvalue weighted by Gasteiger charge is 2.32. The van der Waals surface area contributed by atoms with Crippen molar-refractivity contribution in [3.05, 3.63) is 63.6 Å². The maximum absolute atomic E-state index is 12.9. The smallest absolute Gasteiger partial charge is 0.224 e. The van der Waals surface area contributed by atoms with Gasteiger partial charge in [-0.25, -0.2) is 12.7 Å². The quantitative estimate of drug-likeness (QED) is 0.607. The third kappa shape index (κ3) is 6.35. The van der Waals surface area contributed by atoms with Crippen LogP contribution in [0.15, 0.2) is 42.5 Å². The highest BCUT2D eigenvalue weighted by atomic mass is 35.5. The summed E-state index contributed by atoms with van der Waals surface area (Å²) in [6.45, 7) is 3.33. The number of hydrogen-bond acceptors (Lipinski definition) is 4. The molecule has 0 spiro atoms. The molecule has 0 bridgehead atoms. The topological polar surface area (TPSA) is 75.7 Å². The molecule has 1 aliphatic rings. The Morgan fingerprint density at radius 3 is 2.71 bits per heavy atom. The molecule has 31 heavy (non-hydrogen) atoms. The number of nitrogens with one attached hydrogen (secondary N) is 1. The average molecular weight is 485 g/mol. The number of carbonyl (C=O) groups excluding carboxylic acids is 1. The normalized spacial score (nSPS) is 17.3. The zero-order chi connectivity index (χ0) is 22.4. The predicted molar refractivity (Wildman–Crippen MR) is 123 cm³/mol. The van der Waals surface area contributed by atoms with Crippen LogP contribution in [0.4, 0.5) is 0 Å². The summed E-state index contributed by atoms with van der Waals surface area (Å²) in [6.07, 6.45) is 1.27. The molecule has 6 nitrogen and oxygen atoms in total. The second kappa shape index (κ2) is 10.7. The lowest BCUT2D eigenvalue weighted by Gasteiger charge is -2.31. The fourth-order valence-electron chi connectivity index (χ4n) is 3.61. The fraction of sp³-hybridized carbons (Fsp3) is 0.409. The van der Waals surface area contributed by atoms with Crippen LogP contribution in [0, 0.1) is 5.92 Å². The molecule has 1 fully saturated rings. The number of halogens is 2. The van der Waals surface area contributed by atoms with Gasteiger partial charge in [0.15, 0.2) is 0 Å². The molecule has 1 N–H and O–H groups in total. The van der Waals surface area contributed by atoms with Crippen molar-refractivity contribution in [3.8, 4) is 5.75 Å². The van der Waals surface area contributed by atoms with Crippen LogP contribution in [0.25, 0.3) is 0 Å². The van der Waals surface area contributed by atoms with E-state index < -0.39 is 15.9 Å². The van der Waals surface area contributed by atoms with Crippen molar-refractivity contribution < 1.29 is 17.9 Å². The molecule has 0 saturated carbocycles. The number of para-hydroxylation sites is 1. The van der Waals surface area contributed by atoms with Crippen molar-refractivity contribution in [1.29, 1.82) is 0 Å². The van der Waals surface area contributed by atoms with Gasteiger partial charge in [-0.2, -0.15) is 0 Å². The van der Waals surface area contributed by atoms with Crippen molar-refractivity contribution in [2.75, 3.05) is 19.7 Å². The van der Waals surface area contributed by atoms with Gasteiger partial charge in [0, 0.05) is 35.2 Å². The van der Waals surface area contributed by atoms with Gasteiger partial charge in [0.05, 0.1) is 18.3 Å². The minimum Gasteiger partial charge on any atom is -0.494 e. The van der Waals surface area contributed by atoms with E-state index >= 15 is 0 Å². The maximum atomic E-state index is 12.9. The van der Waals surface area contributed by atoms with E-state index in [2.05, 4.69) is 5.32 Å². The molecule has 0 aromatic heterocycles. The van der Waals surface area contributed by atoms with Crippen molar-refractivity contribution >= 4 is 39.1 Å². The molecule has 0 aliphatic carbocycles. The summed E-state index contributed by atoms with van der Waals surface area (Å²) in [5.74, 6) is -0.0452. The number of benzene rings is 2. The van der Waals surface area contributed by atoms with Gasteiger partial charge < -0.3 is 10.1 Å². The van der Waals surface area contributed by atoms with E-state index in [9.17, 15) is 13.2 Å². The molecule has 1 heterocycles. The third-order valence-electron chi connectivity index (χ3n) is 5.23. The summed E-state index contributed by atoms with van der Waals surface area (Å²) >= 11 is 12.0. The second-order valence-corrected chi connectivity index (χ2v) is 10.3. The monoisotopic (exact) mass is 484 g/mol. The number of ether oxygens (including phenoxy) is 1. The molecule has 3 rings (SSSR count). The molecular weight excluding hydrogens is 459 g/mol. The molecule has 1 saturated heterocycles. The highest BCUT2D eigenvalue weighted by molar-refractivity contribution is 7.88. The molecular formula is C22H26Cl2N2O4S. The van der Waals surface area contributed by atoms with Gasteiger partial charge in [-0.05, 0) is 43.5 Å². The number of hydrogen-bond donors (Lipinski definition) is 1. The second-order valence-electron chi connectivity index (χ2n) is 7.45. The van der Waals surface area contributed by atoms with Crippen molar-refractivity contribution in [3.63, 3.8) is 0 Å². The minimum absolute atomic E-state index is 0.157. The van der Waals surface area contributed by atoms with Gasteiger partial charge in [-0.3, -0.25) is 4.79 Å². The number of amides is 1. The van der Waals surface area contributed by atoms with Crippen LogP contribution in [-0.2, 0) is 27.1 Å². The fourth-order valence-corrected chi connectivity index (χ4v) is 5.80. The largest absolute Gasteiger partial charge is 0.494 e. The summed E-state index contributed by atoms with van der Waals surface area (Å²) in [5.41, 5.74) is 1.38. The number of piperidine rings is 1. The first-order valence-electron chi connectivity index (χ1n) is 10.2. The van der Waals surface area contributed by atoms with Gasteiger partial charge in [0.2, 0.25) is 15.9 Å². The molecule has 2 aromatic rings.